The number of hydrogen-bond donors (Lipinski definition) is 3. The van der Waals surface area contributed by atoms with Crippen LogP contribution in [0.25, 0.3) is 0 Å². The van der Waals surface area contributed by atoms with Crippen molar-refractivity contribution in [1.29, 1.82) is 0 Å². The fraction of sp³-hybridized carbons (Fsp3) is 0.143. The largest absolute Gasteiger partial charge is 0.417 e. The maximum atomic E-state index is 13.2. The minimum atomic E-state index is -5.05. The summed E-state index contributed by atoms with van der Waals surface area (Å²) >= 11 is 0. The third-order valence-corrected chi connectivity index (χ3v) is 6.10. The van der Waals surface area contributed by atoms with Crippen molar-refractivity contribution in [2.75, 3.05) is 5.32 Å². The van der Waals surface area contributed by atoms with E-state index in [9.17, 15) is 30.0 Å². The van der Waals surface area contributed by atoms with Gasteiger partial charge in [0.1, 0.15) is 11.1 Å². The minimum Gasteiger partial charge on any atom is -0.364 e. The molecule has 0 radical (unpaired) electrons. The number of nitrogens with one attached hydrogen (secondary N) is 2. The minimum absolute atomic E-state index is 0.377. The average molecular weight is 407 g/mol. The summed E-state index contributed by atoms with van der Waals surface area (Å²) in [6, 6.07) is 8.95. The molecule has 2 aromatic rings. The summed E-state index contributed by atoms with van der Waals surface area (Å²) in [4.78, 5) is -1.95. The van der Waals surface area contributed by atoms with Gasteiger partial charge in [0.25, 0.3) is 0 Å². The highest BCUT2D eigenvalue weighted by Gasteiger charge is 2.40. The lowest BCUT2D eigenvalue weighted by atomic mass is 10.1. The fourth-order valence-corrected chi connectivity index (χ4v) is 4.70. The molecule has 0 bridgehead atoms. The molecule has 1 aliphatic heterocycles. The van der Waals surface area contributed by atoms with Crippen LogP contribution in [0.2, 0.25) is 0 Å². The molecule has 12 heteroatoms. The lowest BCUT2D eigenvalue weighted by Gasteiger charge is -2.29. The summed E-state index contributed by atoms with van der Waals surface area (Å²) in [5.74, 6) is 0. The normalized spacial score (nSPS) is 19.5. The van der Waals surface area contributed by atoms with Gasteiger partial charge in [0.15, 0.2) is 0 Å². The van der Waals surface area contributed by atoms with Crippen molar-refractivity contribution in [2.45, 2.75) is 22.1 Å². The number of primary sulfonamides is 1. The first-order valence-electron chi connectivity index (χ1n) is 7.01. The number of alkyl halides is 3. The maximum Gasteiger partial charge on any atom is 0.417 e. The molecule has 0 aliphatic carbocycles. The summed E-state index contributed by atoms with van der Waals surface area (Å²) < 4.78 is 89.9. The van der Waals surface area contributed by atoms with Gasteiger partial charge in [0.05, 0.1) is 16.1 Å². The highest BCUT2D eigenvalue weighted by Crippen LogP contribution is 2.40. The molecule has 0 fully saturated rings. The number of fused-ring (bicyclic) bond motifs is 1. The summed E-state index contributed by atoms with van der Waals surface area (Å²) in [5.41, 5.74) is -1.46. The Hall–Kier alpha value is -2.15. The van der Waals surface area contributed by atoms with Gasteiger partial charge in [0, 0.05) is 0 Å². The monoisotopic (exact) mass is 407 g/mol. The molecule has 1 heterocycles. The van der Waals surface area contributed by atoms with Crippen LogP contribution in [0.3, 0.4) is 0 Å². The summed E-state index contributed by atoms with van der Waals surface area (Å²) in [5, 5.41) is 7.47. The average Bonchev–Trinajstić information content (AvgIpc) is 2.52. The van der Waals surface area contributed by atoms with E-state index in [2.05, 4.69) is 10.0 Å². The van der Waals surface area contributed by atoms with Crippen molar-refractivity contribution >= 4 is 25.7 Å². The molecule has 2 aromatic carbocycles. The van der Waals surface area contributed by atoms with Crippen LogP contribution < -0.4 is 15.2 Å². The highest BCUT2D eigenvalue weighted by atomic mass is 32.2. The number of hydrogen-bond acceptors (Lipinski definition) is 5. The SMILES string of the molecule is NS(=O)(=O)c1cc2c(cc1C(F)(F)F)N[C@H](c1ccccc1)NS2(=O)=O. The number of nitrogens with two attached hydrogens (primary N) is 1. The van der Waals surface area contributed by atoms with Gasteiger partial charge in [-0.05, 0) is 17.7 Å². The van der Waals surface area contributed by atoms with Crippen LogP contribution in [0.4, 0.5) is 18.9 Å². The summed E-state index contributed by atoms with van der Waals surface area (Å²) in [6.45, 7) is 0. The molecule has 7 nitrogen and oxygen atoms in total. The van der Waals surface area contributed by atoms with E-state index in [1.807, 2.05) is 0 Å². The zero-order chi connectivity index (χ0) is 19.3. The van der Waals surface area contributed by atoms with E-state index in [0.717, 1.165) is 0 Å². The van der Waals surface area contributed by atoms with Crippen molar-refractivity contribution in [1.82, 2.24) is 4.72 Å². The molecule has 140 valence electrons. The second kappa shape index (κ2) is 5.94. The molecule has 0 unspecified atom stereocenters. The first-order valence-corrected chi connectivity index (χ1v) is 10.0. The van der Waals surface area contributed by atoms with E-state index in [1.165, 1.54) is 0 Å². The lowest BCUT2D eigenvalue weighted by molar-refractivity contribution is -0.139. The van der Waals surface area contributed by atoms with Gasteiger partial charge in [0.2, 0.25) is 20.0 Å². The molecule has 1 aliphatic rings. The van der Waals surface area contributed by atoms with E-state index >= 15 is 0 Å². The Kier molecular flexibility index (Phi) is 4.26. The Balaban J connectivity index is 2.23. The van der Waals surface area contributed by atoms with E-state index in [4.69, 9.17) is 5.14 Å². The van der Waals surface area contributed by atoms with Gasteiger partial charge >= 0.3 is 6.18 Å². The van der Waals surface area contributed by atoms with Crippen LogP contribution in [0.15, 0.2) is 52.3 Å². The maximum absolute atomic E-state index is 13.2. The van der Waals surface area contributed by atoms with Gasteiger partial charge in [-0.1, -0.05) is 30.3 Å². The van der Waals surface area contributed by atoms with Gasteiger partial charge in [-0.15, -0.1) is 0 Å². The highest BCUT2D eigenvalue weighted by molar-refractivity contribution is 7.90. The van der Waals surface area contributed by atoms with Crippen molar-refractivity contribution in [2.24, 2.45) is 5.14 Å². The molecule has 0 amide bonds. The zero-order valence-corrected chi connectivity index (χ0v) is 14.4. The molecule has 0 saturated heterocycles. The number of anilines is 1. The first-order chi connectivity index (χ1) is 11.9. The molecule has 0 aromatic heterocycles. The molecule has 0 saturated carbocycles. The predicted octanol–water partition coefficient (Wildman–Crippen LogP) is 1.76. The Morgan fingerprint density at radius 2 is 1.69 bits per heavy atom. The number of benzene rings is 2. The van der Waals surface area contributed by atoms with Gasteiger partial charge in [-0.3, -0.25) is 0 Å². The second-order valence-electron chi connectivity index (χ2n) is 5.50. The van der Waals surface area contributed by atoms with Crippen LogP contribution in [0.1, 0.15) is 17.3 Å². The molecule has 3 rings (SSSR count). The standard InChI is InChI=1S/C14H12F3N3O4S2/c15-14(16,17)9-6-10-12(7-11(9)25(18,21)22)26(23,24)20-13(19-10)8-4-2-1-3-5-8/h1-7,13,19-20H,(H2,18,21,22)/t13-/m0/s1. The molecule has 4 N–H and O–H groups in total. The number of rotatable bonds is 2. The second-order valence-corrected chi connectivity index (χ2v) is 8.71. The number of halogens is 3. The van der Waals surface area contributed by atoms with Crippen LogP contribution in [-0.4, -0.2) is 16.8 Å². The molecule has 1 atom stereocenters. The number of sulfonamides is 2. The van der Waals surface area contributed by atoms with Gasteiger partial charge in [-0.25, -0.2) is 22.0 Å². The quantitative estimate of drug-likeness (QED) is 0.701. The fourth-order valence-electron chi connectivity index (χ4n) is 2.55. The predicted molar refractivity (Wildman–Crippen MR) is 85.9 cm³/mol. The van der Waals surface area contributed by atoms with E-state index in [0.29, 0.717) is 17.7 Å². The Morgan fingerprint density at radius 1 is 1.08 bits per heavy atom. The van der Waals surface area contributed by atoms with Crippen LogP contribution in [0.5, 0.6) is 0 Å². The molecular formula is C14H12F3N3O4S2. The van der Waals surface area contributed by atoms with Crippen LogP contribution >= 0.6 is 0 Å². The first kappa shape index (κ1) is 18.6. The third-order valence-electron chi connectivity index (χ3n) is 3.69. The van der Waals surface area contributed by atoms with E-state index in [1.54, 1.807) is 30.3 Å². The third kappa shape index (κ3) is 3.40. The van der Waals surface area contributed by atoms with Gasteiger partial charge < -0.3 is 5.32 Å². The van der Waals surface area contributed by atoms with Gasteiger partial charge in [-0.2, -0.15) is 17.9 Å². The van der Waals surface area contributed by atoms with E-state index in [-0.39, 0.29) is 5.69 Å². The smallest absolute Gasteiger partial charge is 0.364 e. The Labute approximate surface area is 147 Å². The van der Waals surface area contributed by atoms with Crippen molar-refractivity contribution in [3.05, 3.63) is 53.6 Å². The zero-order valence-electron chi connectivity index (χ0n) is 12.8. The van der Waals surface area contributed by atoms with Crippen molar-refractivity contribution in [3.8, 4) is 0 Å². The van der Waals surface area contributed by atoms with Crippen LogP contribution in [-0.2, 0) is 26.2 Å². The van der Waals surface area contributed by atoms with Crippen LogP contribution in [0, 0.1) is 0 Å². The lowest BCUT2D eigenvalue weighted by Crippen LogP contribution is -2.38. The summed E-state index contributed by atoms with van der Waals surface area (Å²) in [6.07, 6.45) is -6.06. The Morgan fingerprint density at radius 3 is 2.23 bits per heavy atom. The molecule has 0 spiro atoms. The van der Waals surface area contributed by atoms with Crippen molar-refractivity contribution in [3.63, 3.8) is 0 Å². The Bertz CT molecular complexity index is 1070. The van der Waals surface area contributed by atoms with E-state index < -0.39 is 47.7 Å². The molecular weight excluding hydrogens is 395 g/mol. The molecule has 26 heavy (non-hydrogen) atoms. The van der Waals surface area contributed by atoms with Crippen molar-refractivity contribution < 1.29 is 30.0 Å². The topological polar surface area (TPSA) is 118 Å². The summed E-state index contributed by atoms with van der Waals surface area (Å²) in [7, 11) is -9.09.